The van der Waals surface area contributed by atoms with Crippen LogP contribution in [0.25, 0.3) is 0 Å². The van der Waals surface area contributed by atoms with E-state index in [9.17, 15) is 9.90 Å². The molecule has 0 unspecified atom stereocenters. The maximum atomic E-state index is 11.9. The van der Waals surface area contributed by atoms with E-state index in [1.54, 1.807) is 7.05 Å². The Labute approximate surface area is 84.9 Å². The fourth-order valence-corrected chi connectivity index (χ4v) is 3.71. The number of hydrogen-bond acceptors (Lipinski definition) is 2. The standard InChI is InChI=1S/C11H19NO2/c1-10(2)7-4-5-11(10,8(13)6-7)9(14)12-3/h7-8,13H,4-6H2,1-3H3,(H,12,14)/t7-,8+,11+/m0/s1. The lowest BCUT2D eigenvalue weighted by molar-refractivity contribution is -0.142. The Morgan fingerprint density at radius 2 is 2.14 bits per heavy atom. The summed E-state index contributed by atoms with van der Waals surface area (Å²) in [4.78, 5) is 11.9. The van der Waals surface area contributed by atoms with Gasteiger partial charge in [-0.15, -0.1) is 0 Å². The molecule has 80 valence electrons. The zero-order chi connectivity index (χ0) is 10.6. The first-order chi connectivity index (χ1) is 6.46. The normalized spacial score (nSPS) is 44.0. The molecule has 1 amide bonds. The van der Waals surface area contributed by atoms with Gasteiger partial charge in [-0.1, -0.05) is 13.8 Å². The second-order valence-corrected chi connectivity index (χ2v) is 5.26. The second-order valence-electron chi connectivity index (χ2n) is 5.26. The van der Waals surface area contributed by atoms with E-state index in [2.05, 4.69) is 19.2 Å². The highest BCUT2D eigenvalue weighted by Gasteiger charge is 2.67. The fraction of sp³-hybridized carbons (Fsp3) is 0.909. The monoisotopic (exact) mass is 197 g/mol. The first kappa shape index (κ1) is 9.97. The molecule has 2 saturated carbocycles. The predicted molar refractivity (Wildman–Crippen MR) is 53.6 cm³/mol. The molecule has 0 heterocycles. The molecule has 2 aliphatic carbocycles. The van der Waals surface area contributed by atoms with Gasteiger partial charge in [0, 0.05) is 7.05 Å². The van der Waals surface area contributed by atoms with Gasteiger partial charge in [-0.25, -0.2) is 0 Å². The topological polar surface area (TPSA) is 49.3 Å². The average Bonchev–Trinajstić information content (AvgIpc) is 2.49. The first-order valence-electron chi connectivity index (χ1n) is 5.37. The van der Waals surface area contributed by atoms with Crippen LogP contribution in [0.5, 0.6) is 0 Å². The van der Waals surface area contributed by atoms with Gasteiger partial charge in [0.2, 0.25) is 5.91 Å². The number of hydrogen-bond donors (Lipinski definition) is 2. The highest BCUT2D eigenvalue weighted by atomic mass is 16.3. The van der Waals surface area contributed by atoms with E-state index >= 15 is 0 Å². The van der Waals surface area contributed by atoms with E-state index in [-0.39, 0.29) is 11.3 Å². The van der Waals surface area contributed by atoms with Crippen molar-refractivity contribution in [1.29, 1.82) is 0 Å². The van der Waals surface area contributed by atoms with Crippen molar-refractivity contribution < 1.29 is 9.90 Å². The van der Waals surface area contributed by atoms with Crippen molar-refractivity contribution in [3.63, 3.8) is 0 Å². The molecule has 2 N–H and O–H groups in total. The molecular weight excluding hydrogens is 178 g/mol. The number of carbonyl (C=O) groups excluding carboxylic acids is 1. The molecule has 2 aliphatic rings. The lowest BCUT2D eigenvalue weighted by Crippen LogP contribution is -2.50. The van der Waals surface area contributed by atoms with Crippen molar-refractivity contribution in [3.8, 4) is 0 Å². The van der Waals surface area contributed by atoms with Crippen LogP contribution in [0, 0.1) is 16.7 Å². The van der Waals surface area contributed by atoms with Gasteiger partial charge in [0.15, 0.2) is 0 Å². The number of rotatable bonds is 1. The Balaban J connectivity index is 2.44. The van der Waals surface area contributed by atoms with Crippen LogP contribution in [-0.2, 0) is 4.79 Å². The number of aliphatic hydroxyl groups is 1. The van der Waals surface area contributed by atoms with Gasteiger partial charge in [0.25, 0.3) is 0 Å². The minimum atomic E-state index is -0.521. The largest absolute Gasteiger partial charge is 0.392 e. The maximum absolute atomic E-state index is 11.9. The average molecular weight is 197 g/mol. The van der Waals surface area contributed by atoms with Crippen molar-refractivity contribution in [2.45, 2.75) is 39.2 Å². The molecule has 0 spiro atoms. The molecule has 2 bridgehead atoms. The van der Waals surface area contributed by atoms with Crippen molar-refractivity contribution in [1.82, 2.24) is 5.32 Å². The Hall–Kier alpha value is -0.570. The lowest BCUT2D eigenvalue weighted by Gasteiger charge is -2.38. The first-order valence-corrected chi connectivity index (χ1v) is 5.37. The summed E-state index contributed by atoms with van der Waals surface area (Å²) in [5.41, 5.74) is -0.571. The van der Waals surface area contributed by atoms with E-state index in [1.807, 2.05) is 0 Å². The number of aliphatic hydroxyl groups excluding tert-OH is 1. The Morgan fingerprint density at radius 1 is 1.50 bits per heavy atom. The summed E-state index contributed by atoms with van der Waals surface area (Å²) < 4.78 is 0. The number of nitrogens with one attached hydrogen (secondary N) is 1. The molecule has 2 rings (SSSR count). The molecule has 0 aromatic heterocycles. The second kappa shape index (κ2) is 2.72. The molecule has 3 atom stereocenters. The van der Waals surface area contributed by atoms with Crippen LogP contribution in [0.2, 0.25) is 0 Å². The zero-order valence-corrected chi connectivity index (χ0v) is 9.13. The Kier molecular flexibility index (Phi) is 1.94. The SMILES string of the molecule is CNC(=O)[C@@]12CC[C@@H](C[C@H]1O)C2(C)C. The van der Waals surface area contributed by atoms with E-state index in [4.69, 9.17) is 0 Å². The van der Waals surface area contributed by atoms with Crippen LogP contribution in [0.1, 0.15) is 33.1 Å². The number of amides is 1. The summed E-state index contributed by atoms with van der Waals surface area (Å²) in [5, 5.41) is 12.8. The third-order valence-electron chi connectivity index (χ3n) is 4.77. The minimum absolute atomic E-state index is 0.0231. The quantitative estimate of drug-likeness (QED) is 0.656. The van der Waals surface area contributed by atoms with Crippen LogP contribution >= 0.6 is 0 Å². The maximum Gasteiger partial charge on any atom is 0.229 e. The summed E-state index contributed by atoms with van der Waals surface area (Å²) in [5.74, 6) is 0.532. The predicted octanol–water partition coefficient (Wildman–Crippen LogP) is 0.920. The Bertz CT molecular complexity index is 274. The smallest absolute Gasteiger partial charge is 0.229 e. The molecule has 0 aromatic carbocycles. The molecule has 3 heteroatoms. The summed E-state index contributed by atoms with van der Waals surface area (Å²) in [6, 6.07) is 0. The zero-order valence-electron chi connectivity index (χ0n) is 9.13. The van der Waals surface area contributed by atoms with Crippen molar-refractivity contribution in [2.24, 2.45) is 16.7 Å². The van der Waals surface area contributed by atoms with Crippen LogP contribution < -0.4 is 5.32 Å². The van der Waals surface area contributed by atoms with Crippen LogP contribution in [0.3, 0.4) is 0 Å². The minimum Gasteiger partial charge on any atom is -0.392 e. The molecule has 0 aliphatic heterocycles. The molecular formula is C11H19NO2. The summed E-state index contributed by atoms with van der Waals surface area (Å²) in [6.07, 6.45) is 2.26. The van der Waals surface area contributed by atoms with Gasteiger partial charge < -0.3 is 10.4 Å². The van der Waals surface area contributed by atoms with Crippen molar-refractivity contribution >= 4 is 5.91 Å². The number of carbonyl (C=O) groups is 1. The summed E-state index contributed by atoms with van der Waals surface area (Å²) >= 11 is 0. The molecule has 0 radical (unpaired) electrons. The van der Waals surface area contributed by atoms with E-state index in [0.717, 1.165) is 19.3 Å². The van der Waals surface area contributed by atoms with Crippen molar-refractivity contribution in [3.05, 3.63) is 0 Å². The van der Waals surface area contributed by atoms with E-state index in [0.29, 0.717) is 5.92 Å². The van der Waals surface area contributed by atoms with Crippen LogP contribution in [0.15, 0.2) is 0 Å². The fourth-order valence-electron chi connectivity index (χ4n) is 3.71. The third-order valence-corrected chi connectivity index (χ3v) is 4.77. The van der Waals surface area contributed by atoms with Gasteiger partial charge in [-0.2, -0.15) is 0 Å². The third kappa shape index (κ3) is 0.842. The van der Waals surface area contributed by atoms with Gasteiger partial charge in [-0.05, 0) is 30.6 Å². The molecule has 3 nitrogen and oxygen atoms in total. The van der Waals surface area contributed by atoms with E-state index in [1.165, 1.54) is 0 Å². The summed E-state index contributed by atoms with van der Waals surface area (Å²) in [7, 11) is 1.66. The van der Waals surface area contributed by atoms with Gasteiger partial charge in [-0.3, -0.25) is 4.79 Å². The molecule has 14 heavy (non-hydrogen) atoms. The highest BCUT2D eigenvalue weighted by molar-refractivity contribution is 5.85. The molecule has 2 fully saturated rings. The Morgan fingerprint density at radius 3 is 2.50 bits per heavy atom. The van der Waals surface area contributed by atoms with Crippen LogP contribution in [-0.4, -0.2) is 24.2 Å². The summed E-state index contributed by atoms with van der Waals surface area (Å²) in [6.45, 7) is 4.24. The number of fused-ring (bicyclic) bond motifs is 2. The lowest BCUT2D eigenvalue weighted by atomic mass is 9.67. The van der Waals surface area contributed by atoms with Gasteiger partial charge >= 0.3 is 0 Å². The molecule has 0 aromatic rings. The van der Waals surface area contributed by atoms with Crippen LogP contribution in [0.4, 0.5) is 0 Å². The van der Waals surface area contributed by atoms with Crippen molar-refractivity contribution in [2.75, 3.05) is 7.05 Å². The van der Waals surface area contributed by atoms with Gasteiger partial charge in [0.1, 0.15) is 0 Å². The highest BCUT2D eigenvalue weighted by Crippen LogP contribution is 2.65. The van der Waals surface area contributed by atoms with E-state index < -0.39 is 11.5 Å². The molecule has 0 saturated heterocycles. The van der Waals surface area contributed by atoms with Gasteiger partial charge in [0.05, 0.1) is 11.5 Å².